The van der Waals surface area contributed by atoms with Crippen molar-refractivity contribution in [2.45, 2.75) is 39.7 Å². The summed E-state index contributed by atoms with van der Waals surface area (Å²) in [6.07, 6.45) is -4.84. The molecule has 2 amide bonds. The van der Waals surface area contributed by atoms with E-state index in [2.05, 4.69) is 15.2 Å². The second kappa shape index (κ2) is 9.16. The topological polar surface area (TPSA) is 116 Å². The maximum atomic E-state index is 13.0. The summed E-state index contributed by atoms with van der Waals surface area (Å²) in [4.78, 5) is 37.6. The SMILES string of the molecule is CC(C)(C)C(NC(=O)c1nn(CC(=O)c2ccc(OC(F)(F)F)cc2)c2ccccc12)C(N)=O. The average molecular weight is 476 g/mol. The van der Waals surface area contributed by atoms with Crippen LogP contribution >= 0.6 is 0 Å². The Bertz CT molecular complexity index is 1230. The summed E-state index contributed by atoms with van der Waals surface area (Å²) in [5, 5.41) is 7.34. The predicted octanol–water partition coefficient (Wildman–Crippen LogP) is 3.45. The number of fused-ring (bicyclic) bond motifs is 1. The second-order valence-electron chi connectivity index (χ2n) is 8.69. The predicted molar refractivity (Wildman–Crippen MR) is 117 cm³/mol. The molecule has 0 saturated heterocycles. The number of carbonyl (C=O) groups excluding carboxylic acids is 3. The molecule has 0 bridgehead atoms. The molecule has 3 rings (SSSR count). The molecule has 0 spiro atoms. The molecule has 1 aromatic heterocycles. The smallest absolute Gasteiger partial charge is 0.406 e. The van der Waals surface area contributed by atoms with Crippen LogP contribution in [0.1, 0.15) is 41.6 Å². The number of aromatic nitrogens is 2. The zero-order valence-electron chi connectivity index (χ0n) is 18.6. The van der Waals surface area contributed by atoms with Crippen molar-refractivity contribution in [3.63, 3.8) is 0 Å². The molecule has 11 heteroatoms. The van der Waals surface area contributed by atoms with Gasteiger partial charge in [0, 0.05) is 10.9 Å². The number of nitrogens with one attached hydrogen (secondary N) is 1. The number of hydrogen-bond donors (Lipinski definition) is 2. The number of ketones is 1. The van der Waals surface area contributed by atoms with E-state index in [-0.39, 0.29) is 17.8 Å². The molecule has 0 saturated carbocycles. The van der Waals surface area contributed by atoms with Crippen molar-refractivity contribution in [3.8, 4) is 5.75 Å². The minimum atomic E-state index is -4.84. The summed E-state index contributed by atoms with van der Waals surface area (Å²) in [5.74, 6) is -2.22. The fourth-order valence-corrected chi connectivity index (χ4v) is 3.40. The zero-order chi connectivity index (χ0) is 25.3. The molecule has 8 nitrogen and oxygen atoms in total. The van der Waals surface area contributed by atoms with Gasteiger partial charge in [0.1, 0.15) is 18.3 Å². The molecule has 1 atom stereocenters. The molecule has 3 N–H and O–H groups in total. The summed E-state index contributed by atoms with van der Waals surface area (Å²) in [6.45, 7) is 4.99. The summed E-state index contributed by atoms with van der Waals surface area (Å²) >= 11 is 0. The van der Waals surface area contributed by atoms with Crippen LogP contribution in [0.15, 0.2) is 48.5 Å². The van der Waals surface area contributed by atoms with E-state index in [4.69, 9.17) is 5.73 Å². The highest BCUT2D eigenvalue weighted by Crippen LogP contribution is 2.24. The number of nitrogens with zero attached hydrogens (tertiary/aromatic N) is 2. The van der Waals surface area contributed by atoms with E-state index in [0.717, 1.165) is 12.1 Å². The fourth-order valence-electron chi connectivity index (χ4n) is 3.40. The van der Waals surface area contributed by atoms with Crippen molar-refractivity contribution < 1.29 is 32.3 Å². The Morgan fingerprint density at radius 3 is 2.24 bits per heavy atom. The molecule has 0 aliphatic carbocycles. The van der Waals surface area contributed by atoms with Gasteiger partial charge >= 0.3 is 6.36 Å². The zero-order valence-corrected chi connectivity index (χ0v) is 18.6. The number of primary amides is 1. The van der Waals surface area contributed by atoms with Crippen LogP contribution in [-0.4, -0.2) is 39.8 Å². The summed E-state index contributed by atoms with van der Waals surface area (Å²) in [7, 11) is 0. The normalized spacial score (nSPS) is 12.9. The van der Waals surface area contributed by atoms with E-state index in [9.17, 15) is 27.6 Å². The van der Waals surface area contributed by atoms with Gasteiger partial charge in [0.15, 0.2) is 11.5 Å². The van der Waals surface area contributed by atoms with E-state index in [1.165, 1.54) is 16.8 Å². The lowest BCUT2D eigenvalue weighted by molar-refractivity contribution is -0.274. The van der Waals surface area contributed by atoms with Crippen LogP contribution in [0.2, 0.25) is 0 Å². The number of alkyl halides is 3. The second-order valence-corrected chi connectivity index (χ2v) is 8.69. The van der Waals surface area contributed by atoms with Crippen LogP contribution in [0.3, 0.4) is 0 Å². The molecule has 1 unspecified atom stereocenters. The van der Waals surface area contributed by atoms with Crippen LogP contribution < -0.4 is 15.8 Å². The van der Waals surface area contributed by atoms with Gasteiger partial charge in [0.05, 0.1) is 5.52 Å². The fraction of sp³-hybridized carbons (Fsp3) is 0.304. The maximum absolute atomic E-state index is 13.0. The molecule has 1 heterocycles. The standard InChI is InChI=1S/C23H23F3N4O4/c1-22(2,3)19(20(27)32)28-21(33)18-15-6-4-5-7-16(15)30(29-18)12-17(31)13-8-10-14(11-9-13)34-23(24,25)26/h4-11,19H,12H2,1-3H3,(H2,27,32)(H,28,33). The van der Waals surface area contributed by atoms with Crippen LogP contribution in [-0.2, 0) is 11.3 Å². The minimum absolute atomic E-state index is 0.00725. The number of halogens is 3. The van der Waals surface area contributed by atoms with E-state index < -0.39 is 41.2 Å². The summed E-state index contributed by atoms with van der Waals surface area (Å²) < 4.78 is 42.1. The Labute approximate surface area is 192 Å². The third-order valence-electron chi connectivity index (χ3n) is 5.00. The average Bonchev–Trinajstić information content (AvgIpc) is 3.08. The van der Waals surface area contributed by atoms with E-state index in [1.807, 2.05) is 0 Å². The van der Waals surface area contributed by atoms with Crippen molar-refractivity contribution in [2.75, 3.05) is 0 Å². The van der Waals surface area contributed by atoms with Gasteiger partial charge in [-0.05, 0) is 35.7 Å². The Hall–Kier alpha value is -3.89. The van der Waals surface area contributed by atoms with Gasteiger partial charge in [0.2, 0.25) is 5.91 Å². The first-order valence-corrected chi connectivity index (χ1v) is 10.2. The Morgan fingerprint density at radius 1 is 1.06 bits per heavy atom. The lowest BCUT2D eigenvalue weighted by Gasteiger charge is -2.28. The molecule has 0 radical (unpaired) electrons. The van der Waals surface area contributed by atoms with Crippen LogP contribution in [0, 0.1) is 5.41 Å². The molecular weight excluding hydrogens is 453 g/mol. The molecule has 34 heavy (non-hydrogen) atoms. The van der Waals surface area contributed by atoms with Gasteiger partial charge in [-0.1, -0.05) is 39.0 Å². The van der Waals surface area contributed by atoms with E-state index >= 15 is 0 Å². The van der Waals surface area contributed by atoms with Gasteiger partial charge in [-0.15, -0.1) is 13.2 Å². The van der Waals surface area contributed by atoms with Gasteiger partial charge < -0.3 is 15.8 Å². The molecule has 0 fully saturated rings. The quantitative estimate of drug-likeness (QED) is 0.507. The van der Waals surface area contributed by atoms with Crippen molar-refractivity contribution in [2.24, 2.45) is 11.1 Å². The first-order valence-electron chi connectivity index (χ1n) is 10.2. The third-order valence-corrected chi connectivity index (χ3v) is 5.00. The largest absolute Gasteiger partial charge is 0.573 e. The highest BCUT2D eigenvalue weighted by atomic mass is 19.4. The maximum Gasteiger partial charge on any atom is 0.573 e. The van der Waals surface area contributed by atoms with Crippen LogP contribution in [0.5, 0.6) is 5.75 Å². The number of ether oxygens (including phenoxy) is 1. The first kappa shape index (κ1) is 24.7. The summed E-state index contributed by atoms with van der Waals surface area (Å²) in [6, 6.07) is 10.3. The minimum Gasteiger partial charge on any atom is -0.406 e. The number of benzene rings is 2. The molecular formula is C23H23F3N4O4. The van der Waals surface area contributed by atoms with Crippen molar-refractivity contribution in [1.82, 2.24) is 15.1 Å². The molecule has 0 aliphatic heterocycles. The Kier molecular flexibility index (Phi) is 6.67. The number of nitrogens with two attached hydrogens (primary N) is 1. The van der Waals surface area contributed by atoms with Crippen LogP contribution in [0.4, 0.5) is 13.2 Å². The lowest BCUT2D eigenvalue weighted by Crippen LogP contribution is -2.52. The molecule has 2 aromatic carbocycles. The monoisotopic (exact) mass is 476 g/mol. The molecule has 180 valence electrons. The third kappa shape index (κ3) is 5.72. The highest BCUT2D eigenvalue weighted by Gasteiger charge is 2.33. The van der Waals surface area contributed by atoms with Gasteiger partial charge in [-0.25, -0.2) is 0 Å². The van der Waals surface area contributed by atoms with Gasteiger partial charge in [-0.3, -0.25) is 19.1 Å². The number of hydrogen-bond acceptors (Lipinski definition) is 5. The van der Waals surface area contributed by atoms with E-state index in [0.29, 0.717) is 10.9 Å². The summed E-state index contributed by atoms with van der Waals surface area (Å²) in [5.41, 5.74) is 5.44. The Morgan fingerprint density at radius 2 is 1.68 bits per heavy atom. The van der Waals surface area contributed by atoms with Crippen LogP contribution in [0.25, 0.3) is 10.9 Å². The highest BCUT2D eigenvalue weighted by molar-refractivity contribution is 6.06. The number of rotatable bonds is 7. The first-order chi connectivity index (χ1) is 15.8. The van der Waals surface area contributed by atoms with Gasteiger partial charge in [0.25, 0.3) is 5.91 Å². The lowest BCUT2D eigenvalue weighted by atomic mass is 9.86. The molecule has 3 aromatic rings. The van der Waals surface area contributed by atoms with Gasteiger partial charge in [-0.2, -0.15) is 5.10 Å². The number of para-hydroxylation sites is 1. The Balaban J connectivity index is 1.86. The number of amides is 2. The molecule has 0 aliphatic rings. The number of Topliss-reactive ketones (excluding diaryl/α,β-unsaturated/α-hetero) is 1. The van der Waals surface area contributed by atoms with Crippen molar-refractivity contribution in [1.29, 1.82) is 0 Å². The van der Waals surface area contributed by atoms with E-state index in [1.54, 1.807) is 45.0 Å². The number of carbonyl (C=O) groups is 3. The van der Waals surface area contributed by atoms with Crippen molar-refractivity contribution >= 4 is 28.5 Å². The van der Waals surface area contributed by atoms with Crippen molar-refractivity contribution in [3.05, 3.63) is 59.8 Å².